The van der Waals surface area contributed by atoms with E-state index in [2.05, 4.69) is 0 Å². The van der Waals surface area contributed by atoms with Gasteiger partial charge in [-0.1, -0.05) is 6.07 Å². The summed E-state index contributed by atoms with van der Waals surface area (Å²) in [5.41, 5.74) is 0.768. The predicted octanol–water partition coefficient (Wildman–Crippen LogP) is 1.88. The molecule has 0 saturated heterocycles. The van der Waals surface area contributed by atoms with Crippen molar-refractivity contribution < 1.29 is 23.8 Å². The number of ether oxygens (including phenoxy) is 2. The molecule has 0 saturated carbocycles. The molecule has 1 heterocycles. The minimum atomic E-state index is -0.969. The number of aliphatic carboxylic acids is 1. The Bertz CT molecular complexity index is 430. The molecule has 16 heavy (non-hydrogen) atoms. The number of hydrogen-bond acceptors (Lipinski definition) is 3. The summed E-state index contributed by atoms with van der Waals surface area (Å²) in [4.78, 5) is 10.9. The standard InChI is InChI=1S/C11H11FO4/c1-6(11(13)14)7-2-3-9(12)8-4-15-5-16-10(7)8/h2-3,6H,4-5H2,1H3,(H,13,14). The highest BCUT2D eigenvalue weighted by Crippen LogP contribution is 2.34. The molecule has 0 spiro atoms. The number of halogens is 1. The second-order valence-electron chi connectivity index (χ2n) is 3.61. The van der Waals surface area contributed by atoms with E-state index in [9.17, 15) is 9.18 Å². The van der Waals surface area contributed by atoms with Gasteiger partial charge in [-0.25, -0.2) is 4.39 Å². The van der Waals surface area contributed by atoms with Crippen molar-refractivity contribution in [3.05, 3.63) is 29.1 Å². The number of rotatable bonds is 2. The fourth-order valence-electron chi connectivity index (χ4n) is 1.65. The second-order valence-corrected chi connectivity index (χ2v) is 3.61. The number of hydrogen-bond donors (Lipinski definition) is 1. The van der Waals surface area contributed by atoms with Crippen molar-refractivity contribution in [3.8, 4) is 5.75 Å². The van der Waals surface area contributed by atoms with Crippen molar-refractivity contribution in [3.63, 3.8) is 0 Å². The van der Waals surface area contributed by atoms with Crippen LogP contribution in [0, 0.1) is 5.82 Å². The fourth-order valence-corrected chi connectivity index (χ4v) is 1.65. The first-order valence-electron chi connectivity index (χ1n) is 4.86. The van der Waals surface area contributed by atoms with Crippen molar-refractivity contribution in [2.24, 2.45) is 0 Å². The molecule has 1 aliphatic heterocycles. The molecule has 0 amide bonds. The molecule has 86 valence electrons. The number of benzene rings is 1. The first-order chi connectivity index (χ1) is 7.61. The van der Waals surface area contributed by atoms with Crippen LogP contribution in [0.1, 0.15) is 24.0 Å². The average molecular weight is 226 g/mol. The zero-order valence-corrected chi connectivity index (χ0v) is 8.70. The molecule has 0 bridgehead atoms. The van der Waals surface area contributed by atoms with Crippen molar-refractivity contribution in [1.82, 2.24) is 0 Å². The molecule has 1 atom stereocenters. The third-order valence-corrected chi connectivity index (χ3v) is 2.60. The van der Waals surface area contributed by atoms with Gasteiger partial charge in [0.2, 0.25) is 0 Å². The van der Waals surface area contributed by atoms with Gasteiger partial charge in [0, 0.05) is 5.56 Å². The average Bonchev–Trinajstić information content (AvgIpc) is 2.29. The Hall–Kier alpha value is -1.62. The van der Waals surface area contributed by atoms with Gasteiger partial charge in [0.05, 0.1) is 18.1 Å². The van der Waals surface area contributed by atoms with Crippen molar-refractivity contribution in [2.45, 2.75) is 19.4 Å². The van der Waals surface area contributed by atoms with E-state index in [0.717, 1.165) is 0 Å². The molecular formula is C11H11FO4. The Morgan fingerprint density at radius 1 is 1.56 bits per heavy atom. The van der Waals surface area contributed by atoms with Gasteiger partial charge in [-0.2, -0.15) is 0 Å². The van der Waals surface area contributed by atoms with Crippen LogP contribution in [0.15, 0.2) is 12.1 Å². The third-order valence-electron chi connectivity index (χ3n) is 2.60. The molecule has 2 rings (SSSR count). The van der Waals surface area contributed by atoms with Crippen molar-refractivity contribution >= 4 is 5.97 Å². The first-order valence-corrected chi connectivity index (χ1v) is 4.86. The van der Waals surface area contributed by atoms with Crippen LogP contribution >= 0.6 is 0 Å². The molecular weight excluding hydrogens is 215 g/mol. The molecule has 1 unspecified atom stereocenters. The van der Waals surface area contributed by atoms with Gasteiger partial charge in [-0.05, 0) is 13.0 Å². The van der Waals surface area contributed by atoms with E-state index >= 15 is 0 Å². The largest absolute Gasteiger partial charge is 0.481 e. The zero-order chi connectivity index (χ0) is 11.7. The molecule has 5 heteroatoms. The van der Waals surface area contributed by atoms with Crippen molar-refractivity contribution in [2.75, 3.05) is 6.79 Å². The number of carbonyl (C=O) groups is 1. The summed E-state index contributed by atoms with van der Waals surface area (Å²) in [6.07, 6.45) is 0. The van der Waals surface area contributed by atoms with E-state index in [1.165, 1.54) is 19.1 Å². The molecule has 1 N–H and O–H groups in total. The van der Waals surface area contributed by atoms with Crippen LogP contribution in [0.5, 0.6) is 5.75 Å². The molecule has 1 aliphatic rings. The first kappa shape index (κ1) is 10.9. The Morgan fingerprint density at radius 3 is 3.00 bits per heavy atom. The Labute approximate surface area is 91.6 Å². The van der Waals surface area contributed by atoms with Crippen LogP contribution in [0.4, 0.5) is 4.39 Å². The minimum Gasteiger partial charge on any atom is -0.481 e. The van der Waals surface area contributed by atoms with E-state index in [4.69, 9.17) is 14.6 Å². The third kappa shape index (κ3) is 1.74. The van der Waals surface area contributed by atoms with Crippen LogP contribution in [-0.2, 0) is 16.1 Å². The molecule has 4 nitrogen and oxygen atoms in total. The smallest absolute Gasteiger partial charge is 0.310 e. The van der Waals surface area contributed by atoms with Crippen LogP contribution in [-0.4, -0.2) is 17.9 Å². The van der Waals surface area contributed by atoms with Crippen LogP contribution < -0.4 is 4.74 Å². The highest BCUT2D eigenvalue weighted by atomic mass is 19.1. The van der Waals surface area contributed by atoms with Gasteiger partial charge < -0.3 is 14.6 Å². The van der Waals surface area contributed by atoms with Gasteiger partial charge in [-0.15, -0.1) is 0 Å². The molecule has 1 aromatic rings. The molecule has 1 aromatic carbocycles. The summed E-state index contributed by atoms with van der Waals surface area (Å²) in [6, 6.07) is 2.68. The fraction of sp³-hybridized carbons (Fsp3) is 0.364. The number of carboxylic acid groups (broad SMARTS) is 1. The highest BCUT2D eigenvalue weighted by Gasteiger charge is 2.25. The van der Waals surface area contributed by atoms with E-state index in [-0.39, 0.29) is 19.0 Å². The monoisotopic (exact) mass is 226 g/mol. The summed E-state index contributed by atoms with van der Waals surface area (Å²) < 4.78 is 23.6. The van der Waals surface area contributed by atoms with Gasteiger partial charge in [0.15, 0.2) is 6.79 Å². The summed E-state index contributed by atoms with van der Waals surface area (Å²) in [5.74, 6) is -1.83. The summed E-state index contributed by atoms with van der Waals surface area (Å²) in [7, 11) is 0. The molecule has 0 fully saturated rings. The maximum absolute atomic E-state index is 13.4. The lowest BCUT2D eigenvalue weighted by atomic mass is 9.97. The van der Waals surface area contributed by atoms with Gasteiger partial charge in [-0.3, -0.25) is 4.79 Å². The van der Waals surface area contributed by atoms with E-state index < -0.39 is 17.7 Å². The lowest BCUT2D eigenvalue weighted by molar-refractivity contribution is -0.138. The van der Waals surface area contributed by atoms with Crippen LogP contribution in [0.2, 0.25) is 0 Å². The quantitative estimate of drug-likeness (QED) is 0.836. The highest BCUT2D eigenvalue weighted by molar-refractivity contribution is 5.77. The number of fused-ring (bicyclic) bond motifs is 1. The molecule has 0 aromatic heterocycles. The predicted molar refractivity (Wildman–Crippen MR) is 52.7 cm³/mol. The Balaban J connectivity index is 2.50. The SMILES string of the molecule is CC(C(=O)O)c1ccc(F)c2c1OCOC2. The summed E-state index contributed by atoms with van der Waals surface area (Å²) in [5, 5.41) is 8.93. The Kier molecular flexibility index (Phi) is 2.78. The topological polar surface area (TPSA) is 55.8 Å². The van der Waals surface area contributed by atoms with Gasteiger partial charge in [0.25, 0.3) is 0 Å². The second kappa shape index (κ2) is 4.09. The normalized spacial score (nSPS) is 16.1. The summed E-state index contributed by atoms with van der Waals surface area (Å²) >= 11 is 0. The van der Waals surface area contributed by atoms with Crippen LogP contribution in [0.25, 0.3) is 0 Å². The lowest BCUT2D eigenvalue weighted by Gasteiger charge is -2.22. The van der Waals surface area contributed by atoms with Crippen LogP contribution in [0.3, 0.4) is 0 Å². The minimum absolute atomic E-state index is 0.0236. The molecule has 0 aliphatic carbocycles. The molecule has 0 radical (unpaired) electrons. The zero-order valence-electron chi connectivity index (χ0n) is 8.70. The van der Waals surface area contributed by atoms with Gasteiger partial charge in [0.1, 0.15) is 11.6 Å². The maximum atomic E-state index is 13.4. The van der Waals surface area contributed by atoms with E-state index in [1.807, 2.05) is 0 Å². The van der Waals surface area contributed by atoms with Crippen molar-refractivity contribution in [1.29, 1.82) is 0 Å². The Morgan fingerprint density at radius 2 is 2.31 bits per heavy atom. The summed E-state index contributed by atoms with van der Waals surface area (Å²) in [6.45, 7) is 1.67. The van der Waals surface area contributed by atoms with Gasteiger partial charge >= 0.3 is 5.97 Å². The maximum Gasteiger partial charge on any atom is 0.310 e. The van der Waals surface area contributed by atoms with E-state index in [0.29, 0.717) is 11.3 Å². The number of carboxylic acids is 1. The van der Waals surface area contributed by atoms with E-state index in [1.54, 1.807) is 0 Å². The lowest BCUT2D eigenvalue weighted by Crippen LogP contribution is -2.17.